The second-order valence-electron chi connectivity index (χ2n) is 3.52. The lowest BCUT2D eigenvalue weighted by Gasteiger charge is -2.03. The number of ketones is 1. The Hall–Kier alpha value is -0.670. The lowest BCUT2D eigenvalue weighted by Crippen LogP contribution is -2.05. The van der Waals surface area contributed by atoms with Crippen molar-refractivity contribution in [3.05, 3.63) is 34.3 Å². The van der Waals surface area contributed by atoms with E-state index in [-0.39, 0.29) is 0 Å². The number of carbonyl (C=O) groups is 1. The molecule has 0 heterocycles. The second kappa shape index (κ2) is 6.75. The Kier molecular flexibility index (Phi) is 5.58. The number of rotatable bonds is 6. The molecular weight excluding hydrogens is 254 g/mol. The van der Waals surface area contributed by atoms with Gasteiger partial charge in [0.25, 0.3) is 0 Å². The summed E-state index contributed by atoms with van der Waals surface area (Å²) in [5.41, 5.74) is 6.54. The zero-order chi connectivity index (χ0) is 11.1. The lowest BCUT2D eigenvalue weighted by atomic mass is 10.1. The third-order valence-corrected chi connectivity index (χ3v) is 3.06. The third-order valence-electron chi connectivity index (χ3n) is 2.29. The smallest absolute Gasteiger partial charge is 0.133 e. The first-order chi connectivity index (χ1) is 7.24. The minimum atomic E-state index is 0.302. The van der Waals surface area contributed by atoms with E-state index in [0.29, 0.717) is 25.2 Å². The molecule has 15 heavy (non-hydrogen) atoms. The summed E-state index contributed by atoms with van der Waals surface area (Å²) < 4.78 is 1.08. The zero-order valence-corrected chi connectivity index (χ0v) is 10.3. The summed E-state index contributed by atoms with van der Waals surface area (Å²) in [6, 6.07) is 8.01. The molecular formula is C12H16BrNO. The maximum Gasteiger partial charge on any atom is 0.133 e. The van der Waals surface area contributed by atoms with E-state index >= 15 is 0 Å². The van der Waals surface area contributed by atoms with Gasteiger partial charge in [0.2, 0.25) is 0 Å². The molecule has 0 unspecified atom stereocenters. The second-order valence-corrected chi connectivity index (χ2v) is 4.38. The highest BCUT2D eigenvalue weighted by Crippen LogP contribution is 2.17. The summed E-state index contributed by atoms with van der Waals surface area (Å²) in [6.45, 7) is 0.598. The normalized spacial score (nSPS) is 10.3. The monoisotopic (exact) mass is 269 g/mol. The van der Waals surface area contributed by atoms with Crippen molar-refractivity contribution in [3.8, 4) is 0 Å². The largest absolute Gasteiger partial charge is 0.330 e. The van der Waals surface area contributed by atoms with E-state index < -0.39 is 0 Å². The number of hydrogen-bond acceptors (Lipinski definition) is 2. The van der Waals surface area contributed by atoms with Crippen LogP contribution >= 0.6 is 15.9 Å². The van der Waals surface area contributed by atoms with Crippen LogP contribution in [0.1, 0.15) is 24.8 Å². The van der Waals surface area contributed by atoms with E-state index in [1.807, 2.05) is 24.3 Å². The third kappa shape index (κ3) is 4.58. The average Bonchev–Trinajstić information content (AvgIpc) is 2.25. The molecule has 0 spiro atoms. The number of halogens is 1. The van der Waals surface area contributed by atoms with Gasteiger partial charge in [-0.1, -0.05) is 34.1 Å². The number of benzene rings is 1. The van der Waals surface area contributed by atoms with Crippen LogP contribution in [0.4, 0.5) is 0 Å². The van der Waals surface area contributed by atoms with Crippen LogP contribution in [-0.4, -0.2) is 12.3 Å². The van der Waals surface area contributed by atoms with Crippen LogP contribution < -0.4 is 5.73 Å². The summed E-state index contributed by atoms with van der Waals surface area (Å²) in [4.78, 5) is 11.4. The van der Waals surface area contributed by atoms with Crippen molar-refractivity contribution in [2.24, 2.45) is 5.73 Å². The predicted octanol–water partition coefficient (Wildman–Crippen LogP) is 2.69. The Balaban J connectivity index is 2.37. The van der Waals surface area contributed by atoms with Crippen LogP contribution in [0.3, 0.4) is 0 Å². The number of carbonyl (C=O) groups excluding carboxylic acids is 1. The fourth-order valence-corrected chi connectivity index (χ4v) is 1.88. The molecule has 0 radical (unpaired) electrons. The van der Waals surface area contributed by atoms with Gasteiger partial charge in [0, 0.05) is 17.3 Å². The fourth-order valence-electron chi connectivity index (χ4n) is 1.40. The summed E-state index contributed by atoms with van der Waals surface area (Å²) in [6.07, 6.45) is 2.84. The molecule has 0 bridgehead atoms. The Labute approximate surface area is 99.0 Å². The van der Waals surface area contributed by atoms with E-state index in [9.17, 15) is 4.79 Å². The molecule has 2 N–H and O–H groups in total. The minimum Gasteiger partial charge on any atom is -0.330 e. The van der Waals surface area contributed by atoms with Crippen molar-refractivity contribution in [1.82, 2.24) is 0 Å². The Morgan fingerprint density at radius 1 is 1.27 bits per heavy atom. The number of hydrogen-bond donors (Lipinski definition) is 1. The van der Waals surface area contributed by atoms with Crippen LogP contribution in [0.15, 0.2) is 28.7 Å². The highest BCUT2D eigenvalue weighted by atomic mass is 79.9. The first-order valence-corrected chi connectivity index (χ1v) is 5.98. The molecule has 1 aromatic carbocycles. The van der Waals surface area contributed by atoms with Crippen molar-refractivity contribution in [2.45, 2.75) is 25.7 Å². The molecule has 0 aliphatic carbocycles. The van der Waals surface area contributed by atoms with Crippen LogP contribution in [-0.2, 0) is 11.2 Å². The molecule has 1 rings (SSSR count). The van der Waals surface area contributed by atoms with Crippen molar-refractivity contribution >= 4 is 21.7 Å². The molecule has 0 amide bonds. The molecule has 0 fully saturated rings. The van der Waals surface area contributed by atoms with Crippen molar-refractivity contribution in [3.63, 3.8) is 0 Å². The Morgan fingerprint density at radius 2 is 2.00 bits per heavy atom. The first-order valence-electron chi connectivity index (χ1n) is 5.19. The molecule has 0 aliphatic heterocycles. The maximum absolute atomic E-state index is 11.4. The fraction of sp³-hybridized carbons (Fsp3) is 0.417. The summed E-state index contributed by atoms with van der Waals surface area (Å²) in [5.74, 6) is 0.302. The first kappa shape index (κ1) is 12.4. The number of aryl methyl sites for hydroxylation is 1. The molecule has 82 valence electrons. The van der Waals surface area contributed by atoms with E-state index in [1.54, 1.807) is 0 Å². The van der Waals surface area contributed by atoms with Gasteiger partial charge in [-0.2, -0.15) is 0 Å². The van der Waals surface area contributed by atoms with Crippen LogP contribution in [0.5, 0.6) is 0 Å². The highest BCUT2D eigenvalue weighted by molar-refractivity contribution is 9.10. The van der Waals surface area contributed by atoms with Crippen LogP contribution in [0.25, 0.3) is 0 Å². The lowest BCUT2D eigenvalue weighted by molar-refractivity contribution is -0.119. The summed E-state index contributed by atoms with van der Waals surface area (Å²) in [7, 11) is 0. The van der Waals surface area contributed by atoms with Gasteiger partial charge in [0.1, 0.15) is 5.78 Å². The topological polar surface area (TPSA) is 43.1 Å². The van der Waals surface area contributed by atoms with Gasteiger partial charge in [-0.25, -0.2) is 0 Å². The molecule has 0 aromatic heterocycles. The van der Waals surface area contributed by atoms with Gasteiger partial charge in [0.15, 0.2) is 0 Å². The van der Waals surface area contributed by atoms with Crippen molar-refractivity contribution in [1.29, 1.82) is 0 Å². The molecule has 0 aliphatic rings. The number of nitrogens with two attached hydrogens (primary N) is 1. The van der Waals surface area contributed by atoms with E-state index in [1.165, 1.54) is 5.56 Å². The van der Waals surface area contributed by atoms with Crippen LogP contribution in [0, 0.1) is 0 Å². The van der Waals surface area contributed by atoms with E-state index in [4.69, 9.17) is 5.73 Å². The van der Waals surface area contributed by atoms with Crippen molar-refractivity contribution in [2.75, 3.05) is 6.54 Å². The molecule has 0 atom stereocenters. The average molecular weight is 270 g/mol. The zero-order valence-electron chi connectivity index (χ0n) is 8.71. The quantitative estimate of drug-likeness (QED) is 0.863. The maximum atomic E-state index is 11.4. The van der Waals surface area contributed by atoms with Gasteiger partial charge < -0.3 is 5.73 Å². The molecule has 0 saturated carbocycles. The van der Waals surface area contributed by atoms with E-state index in [0.717, 1.165) is 17.3 Å². The van der Waals surface area contributed by atoms with Gasteiger partial charge >= 0.3 is 0 Å². The van der Waals surface area contributed by atoms with Crippen molar-refractivity contribution < 1.29 is 4.79 Å². The Bertz CT molecular complexity index is 325. The molecule has 1 aromatic rings. The summed E-state index contributed by atoms with van der Waals surface area (Å²) >= 11 is 3.47. The standard InChI is InChI=1S/C12H16BrNO/c13-12-6-2-1-4-10(12)7-8-11(15)5-3-9-14/h1-2,4,6H,3,5,7-9,14H2. The Morgan fingerprint density at radius 3 is 2.67 bits per heavy atom. The van der Waals surface area contributed by atoms with E-state index in [2.05, 4.69) is 15.9 Å². The SMILES string of the molecule is NCCCC(=O)CCc1ccccc1Br. The predicted molar refractivity (Wildman–Crippen MR) is 65.8 cm³/mol. The van der Waals surface area contributed by atoms with Crippen LogP contribution in [0.2, 0.25) is 0 Å². The van der Waals surface area contributed by atoms with Gasteiger partial charge in [-0.3, -0.25) is 4.79 Å². The summed E-state index contributed by atoms with van der Waals surface area (Å²) in [5, 5.41) is 0. The number of Topliss-reactive ketones (excluding diaryl/α,β-unsaturated/α-hetero) is 1. The van der Waals surface area contributed by atoms with Gasteiger partial charge in [0.05, 0.1) is 0 Å². The molecule has 0 saturated heterocycles. The van der Waals surface area contributed by atoms with Gasteiger partial charge in [-0.05, 0) is 31.0 Å². The molecule has 3 heteroatoms. The van der Waals surface area contributed by atoms with Gasteiger partial charge in [-0.15, -0.1) is 0 Å². The minimum absolute atomic E-state index is 0.302. The molecule has 2 nitrogen and oxygen atoms in total. The highest BCUT2D eigenvalue weighted by Gasteiger charge is 2.04.